The smallest absolute Gasteiger partial charge is 0.326 e. The largest absolute Gasteiger partial charge is 0.481 e. The van der Waals surface area contributed by atoms with E-state index in [1.54, 1.807) is 13.8 Å². The summed E-state index contributed by atoms with van der Waals surface area (Å²) in [6.45, 7) is 3.52. The van der Waals surface area contributed by atoms with Crippen molar-refractivity contribution in [3.8, 4) is 0 Å². The number of aliphatic imine (C=N–C) groups is 1. The van der Waals surface area contributed by atoms with Crippen LogP contribution in [0.3, 0.4) is 0 Å². The molecule has 0 aliphatic rings. The summed E-state index contributed by atoms with van der Waals surface area (Å²) < 4.78 is 0. The van der Waals surface area contributed by atoms with Gasteiger partial charge in [-0.15, -0.1) is 0 Å². The third-order valence-corrected chi connectivity index (χ3v) is 5.40. The molecule has 0 aromatic carbocycles. The number of carboxylic acid groups (broad SMARTS) is 2. The zero-order valence-electron chi connectivity index (χ0n) is 20.9. The van der Waals surface area contributed by atoms with Crippen LogP contribution in [0.15, 0.2) is 4.99 Å². The lowest BCUT2D eigenvalue weighted by molar-refractivity contribution is -0.144. The molecule has 37 heavy (non-hydrogen) atoms. The van der Waals surface area contributed by atoms with Crippen LogP contribution < -0.4 is 38.9 Å². The number of carboxylic acids is 2. The van der Waals surface area contributed by atoms with Crippen LogP contribution in [0.2, 0.25) is 0 Å². The quantitative estimate of drug-likeness (QED) is 0.0480. The predicted molar refractivity (Wildman–Crippen MR) is 131 cm³/mol. The van der Waals surface area contributed by atoms with Gasteiger partial charge in [-0.25, -0.2) is 4.79 Å². The van der Waals surface area contributed by atoms with Crippen molar-refractivity contribution < 1.29 is 39.0 Å². The van der Waals surface area contributed by atoms with E-state index >= 15 is 0 Å². The third kappa shape index (κ3) is 13.6. The Hall–Kier alpha value is -3.95. The van der Waals surface area contributed by atoms with Crippen molar-refractivity contribution in [3.05, 3.63) is 0 Å². The summed E-state index contributed by atoms with van der Waals surface area (Å²) >= 11 is 0. The van der Waals surface area contributed by atoms with E-state index in [9.17, 15) is 33.9 Å². The number of nitrogens with one attached hydrogen (secondary N) is 3. The van der Waals surface area contributed by atoms with E-state index < -0.39 is 72.1 Å². The summed E-state index contributed by atoms with van der Waals surface area (Å²) in [7, 11) is 0. The van der Waals surface area contributed by atoms with Crippen LogP contribution in [-0.2, 0) is 28.8 Å². The van der Waals surface area contributed by atoms with Gasteiger partial charge in [0.25, 0.3) is 0 Å². The van der Waals surface area contributed by atoms with E-state index in [-0.39, 0.29) is 38.2 Å². The number of amides is 4. The first-order chi connectivity index (χ1) is 17.2. The molecule has 0 saturated carbocycles. The number of guanidine groups is 1. The second-order valence-corrected chi connectivity index (χ2v) is 8.49. The van der Waals surface area contributed by atoms with Crippen LogP contribution in [-0.4, -0.2) is 82.5 Å². The maximum absolute atomic E-state index is 13.1. The summed E-state index contributed by atoms with van der Waals surface area (Å²) in [5, 5.41) is 25.2. The van der Waals surface area contributed by atoms with Crippen molar-refractivity contribution in [3.63, 3.8) is 0 Å². The molecular weight excluding hydrogens is 492 g/mol. The third-order valence-electron chi connectivity index (χ3n) is 5.40. The van der Waals surface area contributed by atoms with Gasteiger partial charge in [0.15, 0.2) is 5.96 Å². The number of primary amides is 1. The molecule has 0 heterocycles. The molecule has 16 heteroatoms. The average molecular weight is 531 g/mol. The lowest BCUT2D eigenvalue weighted by Gasteiger charge is -2.28. The first kappa shape index (κ1) is 33.0. The Morgan fingerprint density at radius 1 is 0.865 bits per heavy atom. The number of nitrogens with two attached hydrogens (primary N) is 4. The van der Waals surface area contributed by atoms with E-state index in [2.05, 4.69) is 20.9 Å². The van der Waals surface area contributed by atoms with Crippen LogP contribution in [0.25, 0.3) is 0 Å². The molecule has 13 N–H and O–H groups in total. The first-order valence-electron chi connectivity index (χ1n) is 11.6. The van der Waals surface area contributed by atoms with Crippen LogP contribution in [0, 0.1) is 5.92 Å². The fraction of sp³-hybridized carbons (Fsp3) is 0.667. The van der Waals surface area contributed by atoms with Crippen molar-refractivity contribution >= 4 is 41.5 Å². The van der Waals surface area contributed by atoms with Crippen molar-refractivity contribution in [2.45, 2.75) is 76.5 Å². The number of aliphatic carboxylic acids is 2. The van der Waals surface area contributed by atoms with Gasteiger partial charge in [0.05, 0.1) is 12.5 Å². The van der Waals surface area contributed by atoms with Gasteiger partial charge >= 0.3 is 11.9 Å². The standard InChI is InChI=1S/C21H38N8O8/c1-3-10(2)16(19(35)28-13(20(36)37)9-14(23)30)29-18(34)12(5-4-8-26-21(24)25)27-17(33)11(22)6-7-15(31)32/h10-13,16H,3-9,22H2,1-2H3,(H2,23,30)(H,27,33)(H,28,35)(H,29,34)(H,31,32)(H,36,37)(H4,24,25,26). The molecule has 4 amide bonds. The van der Waals surface area contributed by atoms with Crippen molar-refractivity contribution in [1.29, 1.82) is 0 Å². The Morgan fingerprint density at radius 2 is 1.46 bits per heavy atom. The monoisotopic (exact) mass is 530 g/mol. The molecule has 16 nitrogen and oxygen atoms in total. The molecule has 0 aromatic rings. The molecular formula is C21H38N8O8. The topological polar surface area (TPSA) is 295 Å². The predicted octanol–water partition coefficient (Wildman–Crippen LogP) is -3.31. The summed E-state index contributed by atoms with van der Waals surface area (Å²) in [4.78, 5) is 75.6. The molecule has 5 atom stereocenters. The minimum atomic E-state index is -1.60. The van der Waals surface area contributed by atoms with Crippen molar-refractivity contribution in [1.82, 2.24) is 16.0 Å². The van der Waals surface area contributed by atoms with Gasteiger partial charge in [0.2, 0.25) is 23.6 Å². The molecule has 0 aliphatic carbocycles. The maximum atomic E-state index is 13.1. The molecule has 0 bridgehead atoms. The Morgan fingerprint density at radius 3 is 1.95 bits per heavy atom. The van der Waals surface area contributed by atoms with Gasteiger partial charge < -0.3 is 49.1 Å². The zero-order valence-corrected chi connectivity index (χ0v) is 20.9. The number of carbonyl (C=O) groups excluding carboxylic acids is 4. The van der Waals surface area contributed by atoms with Crippen LogP contribution >= 0.6 is 0 Å². The number of hydrogen-bond donors (Lipinski definition) is 9. The Bertz CT molecular complexity index is 861. The van der Waals surface area contributed by atoms with Gasteiger partial charge in [0, 0.05) is 13.0 Å². The molecule has 5 unspecified atom stereocenters. The number of rotatable bonds is 18. The van der Waals surface area contributed by atoms with Gasteiger partial charge in [-0.05, 0) is 25.2 Å². The minimum absolute atomic E-state index is 0.0360. The lowest BCUT2D eigenvalue weighted by Crippen LogP contribution is -2.59. The highest BCUT2D eigenvalue weighted by Gasteiger charge is 2.33. The Kier molecular flexibility index (Phi) is 14.9. The maximum Gasteiger partial charge on any atom is 0.326 e. The molecule has 0 saturated heterocycles. The zero-order chi connectivity index (χ0) is 28.7. The van der Waals surface area contributed by atoms with Gasteiger partial charge in [-0.3, -0.25) is 29.0 Å². The van der Waals surface area contributed by atoms with Crippen LogP contribution in [0.4, 0.5) is 0 Å². The number of hydrogen-bond acceptors (Lipinski definition) is 8. The van der Waals surface area contributed by atoms with E-state index in [1.165, 1.54) is 0 Å². The van der Waals surface area contributed by atoms with Crippen LogP contribution in [0.1, 0.15) is 52.4 Å². The van der Waals surface area contributed by atoms with E-state index in [4.69, 9.17) is 28.0 Å². The normalized spacial score (nSPS) is 14.7. The first-order valence-corrected chi connectivity index (χ1v) is 11.6. The number of nitrogens with zero attached hydrogens (tertiary/aromatic N) is 1. The summed E-state index contributed by atoms with van der Waals surface area (Å²) in [5.41, 5.74) is 21.3. The second kappa shape index (κ2) is 16.7. The molecule has 0 radical (unpaired) electrons. The van der Waals surface area contributed by atoms with Gasteiger partial charge in [-0.1, -0.05) is 20.3 Å². The molecule has 0 spiro atoms. The summed E-state index contributed by atoms with van der Waals surface area (Å²) in [6, 6.07) is -5.22. The Labute approximate surface area is 214 Å². The van der Waals surface area contributed by atoms with Gasteiger partial charge in [0.1, 0.15) is 18.1 Å². The lowest BCUT2D eigenvalue weighted by atomic mass is 9.97. The van der Waals surface area contributed by atoms with E-state index in [0.717, 1.165) is 0 Å². The molecule has 0 fully saturated rings. The van der Waals surface area contributed by atoms with Crippen molar-refractivity contribution in [2.75, 3.05) is 6.54 Å². The minimum Gasteiger partial charge on any atom is -0.481 e. The fourth-order valence-electron chi connectivity index (χ4n) is 3.08. The second-order valence-electron chi connectivity index (χ2n) is 8.49. The Balaban J connectivity index is 5.68. The average Bonchev–Trinajstić information content (AvgIpc) is 2.80. The van der Waals surface area contributed by atoms with E-state index in [0.29, 0.717) is 6.42 Å². The SMILES string of the molecule is CCC(C)C(NC(=O)C(CCCN=C(N)N)NC(=O)C(N)CCC(=O)O)C(=O)NC(CC(N)=O)C(=O)O. The highest BCUT2D eigenvalue weighted by atomic mass is 16.4. The molecule has 210 valence electrons. The summed E-state index contributed by atoms with van der Waals surface area (Å²) in [6.07, 6.45) is -0.484. The molecule has 0 aromatic heterocycles. The molecule has 0 aliphatic heterocycles. The van der Waals surface area contributed by atoms with E-state index in [1.807, 2.05) is 0 Å². The fourth-order valence-corrected chi connectivity index (χ4v) is 3.08. The van der Waals surface area contributed by atoms with Crippen molar-refractivity contribution in [2.24, 2.45) is 33.8 Å². The summed E-state index contributed by atoms with van der Waals surface area (Å²) in [5.74, 6) is -6.62. The number of carbonyl (C=O) groups is 6. The highest BCUT2D eigenvalue weighted by molar-refractivity contribution is 5.95. The van der Waals surface area contributed by atoms with Gasteiger partial charge in [-0.2, -0.15) is 0 Å². The van der Waals surface area contributed by atoms with Crippen LogP contribution in [0.5, 0.6) is 0 Å². The molecule has 0 rings (SSSR count). The highest BCUT2D eigenvalue weighted by Crippen LogP contribution is 2.11.